The van der Waals surface area contributed by atoms with Gasteiger partial charge in [0.05, 0.1) is 11.5 Å². The molecule has 0 aromatic rings. The number of carbonyl (C=O) groups excluding carboxylic acids is 2. The van der Waals surface area contributed by atoms with Crippen LogP contribution in [-0.4, -0.2) is 80.0 Å². The molecule has 0 bridgehead atoms. The number of rotatable bonds is 7. The van der Waals surface area contributed by atoms with Gasteiger partial charge in [-0.1, -0.05) is 40.9 Å². The van der Waals surface area contributed by atoms with Crippen LogP contribution in [0.25, 0.3) is 0 Å². The van der Waals surface area contributed by atoms with Crippen molar-refractivity contribution in [1.29, 1.82) is 0 Å². The number of amides is 1. The third kappa shape index (κ3) is 55.4. The van der Waals surface area contributed by atoms with E-state index in [9.17, 15) is 26.4 Å². The summed E-state index contributed by atoms with van der Waals surface area (Å²) in [6.07, 6.45) is 4.17. The molecule has 14 heteroatoms. The van der Waals surface area contributed by atoms with E-state index in [2.05, 4.69) is 37.6 Å². The molecule has 1 rings (SSSR count). The van der Waals surface area contributed by atoms with Gasteiger partial charge in [0.1, 0.15) is 6.29 Å². The van der Waals surface area contributed by atoms with Crippen molar-refractivity contribution in [2.75, 3.05) is 37.7 Å². The summed E-state index contributed by atoms with van der Waals surface area (Å²) in [7, 11) is -5.81. The van der Waals surface area contributed by atoms with Gasteiger partial charge in [-0.25, -0.2) is 16.8 Å². The summed E-state index contributed by atoms with van der Waals surface area (Å²) in [5.41, 5.74) is 9.68. The van der Waals surface area contributed by atoms with Gasteiger partial charge in [0, 0.05) is 45.2 Å². The van der Waals surface area contributed by atoms with E-state index in [4.69, 9.17) is 5.73 Å². The van der Waals surface area contributed by atoms with E-state index in [1.807, 2.05) is 6.92 Å². The SMILES string of the molecule is C=CS(=O)(=O)C=C.CCC(N)=O.CCC=O.CCCN.CCCN1CCS(=O)(=O)CC1.N.[B].[CH3-].[Na+]. The number of aldehydes is 1. The van der Waals surface area contributed by atoms with Crippen molar-refractivity contribution in [3.8, 4) is 0 Å². The molecule has 1 heterocycles. The van der Waals surface area contributed by atoms with Crippen molar-refractivity contribution >= 4 is 40.3 Å². The van der Waals surface area contributed by atoms with Crippen LogP contribution in [0.5, 0.6) is 0 Å². The Labute approximate surface area is 240 Å². The van der Waals surface area contributed by atoms with Crippen LogP contribution in [-0.2, 0) is 29.3 Å². The Hall–Kier alpha value is -0.535. The summed E-state index contributed by atoms with van der Waals surface area (Å²) in [5.74, 6) is 0.463. The van der Waals surface area contributed by atoms with Crippen molar-refractivity contribution in [1.82, 2.24) is 11.1 Å². The van der Waals surface area contributed by atoms with Gasteiger partial charge in [-0.3, -0.25) is 4.79 Å². The molecule has 0 atom stereocenters. The molecule has 35 heavy (non-hydrogen) atoms. The molecule has 1 fully saturated rings. The monoisotopic (exact) mass is 551 g/mol. The fourth-order valence-electron chi connectivity index (χ4n) is 1.36. The van der Waals surface area contributed by atoms with E-state index < -0.39 is 19.7 Å². The zero-order valence-electron chi connectivity index (χ0n) is 22.9. The minimum absolute atomic E-state index is 0. The first-order valence-electron chi connectivity index (χ1n) is 10.2. The number of hydrogen-bond donors (Lipinski definition) is 3. The Morgan fingerprint density at radius 3 is 1.49 bits per heavy atom. The van der Waals surface area contributed by atoms with Crippen molar-refractivity contribution in [2.45, 2.75) is 53.4 Å². The third-order valence-corrected chi connectivity index (χ3v) is 5.78. The average molecular weight is 552 g/mol. The van der Waals surface area contributed by atoms with Crippen molar-refractivity contribution in [2.24, 2.45) is 11.5 Å². The summed E-state index contributed by atoms with van der Waals surface area (Å²) < 4.78 is 42.2. The molecule has 1 aliphatic rings. The van der Waals surface area contributed by atoms with E-state index in [-0.39, 0.29) is 57.5 Å². The van der Waals surface area contributed by atoms with Crippen molar-refractivity contribution in [3.05, 3.63) is 31.4 Å². The van der Waals surface area contributed by atoms with Crippen LogP contribution in [0.1, 0.15) is 53.4 Å². The standard InChI is InChI=1S/C7H15NO2S.C4H6O2S.C3H7NO.C3H9N.C3H6O.CH3.B.H3N.Na/c1-2-3-8-4-6-11(9,10)7-5-8;1-3-7(5,6)4-2;1-2-3(4)5;2*1-2-3-4;;;;/h2-7H2,1H3;3-4H,1-2H2;2H2,1H3,(H2,4,5);2-4H2,1H3;3H,2H2,1H3;1H3;;1H3;/q;;;;;-1;;;+1. The summed E-state index contributed by atoms with van der Waals surface area (Å²) in [4.78, 5) is 21.0. The quantitative estimate of drug-likeness (QED) is 0.200. The van der Waals surface area contributed by atoms with Crippen molar-refractivity contribution < 1.29 is 56.0 Å². The predicted molar refractivity (Wildman–Crippen MR) is 147 cm³/mol. The molecule has 10 nitrogen and oxygen atoms in total. The molecule has 7 N–H and O–H groups in total. The molecule has 0 saturated carbocycles. The number of hydrogen-bond acceptors (Lipinski definition) is 9. The van der Waals surface area contributed by atoms with Gasteiger partial charge < -0.3 is 34.7 Å². The number of sulfone groups is 2. The third-order valence-electron chi connectivity index (χ3n) is 3.25. The molecule has 3 radical (unpaired) electrons. The second-order valence-electron chi connectivity index (χ2n) is 6.10. The van der Waals surface area contributed by atoms with Gasteiger partial charge >= 0.3 is 29.6 Å². The molecular weight excluding hydrogens is 502 g/mol. The fourth-order valence-corrected chi connectivity index (χ4v) is 2.77. The molecule has 1 saturated heterocycles. The van der Waals surface area contributed by atoms with Crippen LogP contribution in [0.3, 0.4) is 0 Å². The first kappa shape index (κ1) is 55.1. The molecule has 0 aliphatic carbocycles. The van der Waals surface area contributed by atoms with Crippen LogP contribution in [0.4, 0.5) is 0 Å². The van der Waals surface area contributed by atoms with E-state index >= 15 is 0 Å². The summed E-state index contributed by atoms with van der Waals surface area (Å²) >= 11 is 0. The summed E-state index contributed by atoms with van der Waals surface area (Å²) in [6.45, 7) is 17.1. The molecule has 1 amide bonds. The maximum atomic E-state index is 11.0. The van der Waals surface area contributed by atoms with Crippen LogP contribution in [0.15, 0.2) is 24.0 Å². The zero-order valence-corrected chi connectivity index (χ0v) is 26.5. The Kier molecular flexibility index (Phi) is 59.8. The Morgan fingerprint density at radius 1 is 1.03 bits per heavy atom. The second kappa shape index (κ2) is 38.0. The van der Waals surface area contributed by atoms with Crippen LogP contribution < -0.4 is 47.2 Å². The maximum absolute atomic E-state index is 11.0. The second-order valence-corrected chi connectivity index (χ2v) is 10.2. The topological polar surface area (TPSA) is 193 Å². The largest absolute Gasteiger partial charge is 1.00 e. The Balaban J connectivity index is -0.0000000450. The molecule has 205 valence electrons. The minimum atomic E-state index is -3.13. The fraction of sp³-hybridized carbons (Fsp3) is 0.667. The minimum Gasteiger partial charge on any atom is -0.370 e. The smallest absolute Gasteiger partial charge is 0.370 e. The molecular formula is C21H49BN4NaO6S2. The van der Waals surface area contributed by atoms with Crippen molar-refractivity contribution in [3.63, 3.8) is 0 Å². The number of nitrogens with two attached hydrogens (primary N) is 2. The number of nitrogens with zero attached hydrogens (tertiary/aromatic N) is 1. The predicted octanol–water partition coefficient (Wildman–Crippen LogP) is -1.12. The average Bonchev–Trinajstić information content (AvgIpc) is 2.76. The number of carbonyl (C=O) groups is 2. The molecule has 0 aromatic carbocycles. The maximum Gasteiger partial charge on any atom is 1.00 e. The molecule has 1 aliphatic heterocycles. The number of primary amides is 1. The van der Waals surface area contributed by atoms with E-state index in [0.29, 0.717) is 24.3 Å². The van der Waals surface area contributed by atoms with Gasteiger partial charge in [-0.05, 0) is 25.9 Å². The van der Waals surface area contributed by atoms with E-state index in [0.717, 1.165) is 56.1 Å². The van der Waals surface area contributed by atoms with Gasteiger partial charge in [0.2, 0.25) is 5.91 Å². The normalized spacial score (nSPS) is 12.6. The molecule has 0 spiro atoms. The first-order chi connectivity index (χ1) is 14.4. The van der Waals surface area contributed by atoms with Gasteiger partial charge in [0.25, 0.3) is 0 Å². The molecule has 0 unspecified atom stereocenters. The van der Waals surface area contributed by atoms with Crippen LogP contribution in [0, 0.1) is 7.43 Å². The Morgan fingerprint density at radius 2 is 1.34 bits per heavy atom. The van der Waals surface area contributed by atoms with E-state index in [1.165, 1.54) is 0 Å². The van der Waals surface area contributed by atoms with Crippen LogP contribution >= 0.6 is 0 Å². The van der Waals surface area contributed by atoms with Crippen LogP contribution in [0.2, 0.25) is 0 Å². The van der Waals surface area contributed by atoms with Gasteiger partial charge in [-0.15, -0.1) is 0 Å². The zero-order chi connectivity index (χ0) is 25.3. The van der Waals surface area contributed by atoms with E-state index in [1.54, 1.807) is 6.92 Å². The summed E-state index contributed by atoms with van der Waals surface area (Å²) in [5, 5.41) is 1.69. The molecule has 0 aromatic heterocycles. The Bertz CT molecular complexity index is 649. The summed E-state index contributed by atoms with van der Waals surface area (Å²) in [6, 6.07) is 0. The van der Waals surface area contributed by atoms with Gasteiger partial charge in [0.15, 0.2) is 19.7 Å². The first-order valence-corrected chi connectivity index (χ1v) is 13.6. The van der Waals surface area contributed by atoms with Gasteiger partial charge in [-0.2, -0.15) is 0 Å².